The second kappa shape index (κ2) is 5.74. The first-order chi connectivity index (χ1) is 9.10. The van der Waals surface area contributed by atoms with Gasteiger partial charge in [0.2, 0.25) is 0 Å². The predicted octanol–water partition coefficient (Wildman–Crippen LogP) is 1.81. The van der Waals surface area contributed by atoms with Gasteiger partial charge in [0.25, 0.3) is 0 Å². The van der Waals surface area contributed by atoms with Crippen molar-refractivity contribution in [3.05, 3.63) is 18.2 Å². The Kier molecular flexibility index (Phi) is 4.24. The molecule has 5 heteroatoms. The number of aromatic nitrogens is 2. The topological polar surface area (TPSA) is 67.2 Å². The van der Waals surface area contributed by atoms with Gasteiger partial charge in [0, 0.05) is 18.9 Å². The summed E-state index contributed by atoms with van der Waals surface area (Å²) in [5.41, 5.74) is -0.719. The van der Waals surface area contributed by atoms with Crippen LogP contribution in [0.4, 0.5) is 0 Å². The fourth-order valence-electron chi connectivity index (χ4n) is 3.31. The lowest BCUT2D eigenvalue weighted by molar-refractivity contribution is -0.146. The molecule has 0 bridgehead atoms. The summed E-state index contributed by atoms with van der Waals surface area (Å²) in [4.78, 5) is 15.9. The van der Waals surface area contributed by atoms with E-state index in [0.29, 0.717) is 6.54 Å². The second-order valence-electron chi connectivity index (χ2n) is 5.35. The molecule has 0 aromatic carbocycles. The largest absolute Gasteiger partial charge is 0.480 e. The lowest BCUT2D eigenvalue weighted by Gasteiger charge is -2.32. The third-order valence-electron chi connectivity index (χ3n) is 4.34. The van der Waals surface area contributed by atoms with E-state index in [2.05, 4.69) is 14.9 Å². The van der Waals surface area contributed by atoms with Gasteiger partial charge in [-0.2, -0.15) is 0 Å². The maximum absolute atomic E-state index is 11.7. The van der Waals surface area contributed by atoms with E-state index in [-0.39, 0.29) is 5.92 Å². The van der Waals surface area contributed by atoms with Crippen LogP contribution in [-0.4, -0.2) is 32.7 Å². The zero-order chi connectivity index (χ0) is 13.9. The summed E-state index contributed by atoms with van der Waals surface area (Å²) < 4.78 is 2.09. The molecule has 1 aliphatic carbocycles. The molecule has 1 aromatic heterocycles. The number of aliphatic carboxylic acids is 1. The van der Waals surface area contributed by atoms with Gasteiger partial charge in [-0.1, -0.05) is 13.3 Å². The number of likely N-dealkylation sites (N-methyl/N-ethyl adjacent to an activating group) is 1. The Labute approximate surface area is 114 Å². The minimum Gasteiger partial charge on any atom is -0.480 e. The van der Waals surface area contributed by atoms with Gasteiger partial charge in [0.05, 0.1) is 0 Å². The van der Waals surface area contributed by atoms with Gasteiger partial charge < -0.3 is 15.0 Å². The fraction of sp³-hybridized carbons (Fsp3) is 0.714. The van der Waals surface area contributed by atoms with Crippen molar-refractivity contribution in [3.8, 4) is 0 Å². The van der Waals surface area contributed by atoms with Crippen LogP contribution in [0.5, 0.6) is 0 Å². The molecule has 1 heterocycles. The van der Waals surface area contributed by atoms with Crippen molar-refractivity contribution in [2.45, 2.75) is 51.6 Å². The van der Waals surface area contributed by atoms with Crippen molar-refractivity contribution in [1.29, 1.82) is 0 Å². The van der Waals surface area contributed by atoms with E-state index in [1.165, 1.54) is 0 Å². The Bertz CT molecular complexity index is 444. The molecular formula is C14H23N3O2. The Morgan fingerprint density at radius 3 is 3.05 bits per heavy atom. The number of nitrogens with zero attached hydrogens (tertiary/aromatic N) is 2. The highest BCUT2D eigenvalue weighted by atomic mass is 16.4. The highest BCUT2D eigenvalue weighted by molar-refractivity contribution is 5.79. The Hall–Kier alpha value is -1.36. The summed E-state index contributed by atoms with van der Waals surface area (Å²) in [6.45, 7) is 5.49. The third kappa shape index (κ3) is 2.66. The van der Waals surface area contributed by atoms with Crippen LogP contribution in [0, 0.1) is 12.8 Å². The zero-order valence-corrected chi connectivity index (χ0v) is 11.7. The zero-order valence-electron chi connectivity index (χ0n) is 11.7. The molecule has 19 heavy (non-hydrogen) atoms. The Morgan fingerprint density at radius 1 is 1.68 bits per heavy atom. The van der Waals surface area contributed by atoms with Crippen molar-refractivity contribution >= 4 is 5.97 Å². The van der Waals surface area contributed by atoms with Crippen molar-refractivity contribution in [3.63, 3.8) is 0 Å². The van der Waals surface area contributed by atoms with Crippen molar-refractivity contribution < 1.29 is 9.90 Å². The number of nitrogens with one attached hydrogen (secondary N) is 1. The minimum atomic E-state index is -0.719. The van der Waals surface area contributed by atoms with Crippen LogP contribution >= 0.6 is 0 Å². The predicted molar refractivity (Wildman–Crippen MR) is 73.0 cm³/mol. The van der Waals surface area contributed by atoms with E-state index in [4.69, 9.17) is 0 Å². The van der Waals surface area contributed by atoms with Gasteiger partial charge in [-0.05, 0) is 38.6 Å². The van der Waals surface area contributed by atoms with Crippen LogP contribution < -0.4 is 5.32 Å². The number of carboxylic acids is 1. The van der Waals surface area contributed by atoms with E-state index < -0.39 is 11.5 Å². The molecule has 1 aromatic rings. The van der Waals surface area contributed by atoms with E-state index in [0.717, 1.165) is 38.1 Å². The average molecular weight is 265 g/mol. The molecule has 0 spiro atoms. The molecule has 1 fully saturated rings. The third-order valence-corrected chi connectivity index (χ3v) is 4.34. The van der Waals surface area contributed by atoms with Gasteiger partial charge in [-0.25, -0.2) is 4.98 Å². The number of hydrogen-bond acceptors (Lipinski definition) is 3. The molecule has 2 rings (SSSR count). The lowest BCUT2D eigenvalue weighted by atomic mass is 9.84. The van der Waals surface area contributed by atoms with Gasteiger partial charge in [0.1, 0.15) is 11.4 Å². The lowest BCUT2D eigenvalue weighted by Crippen LogP contribution is -2.54. The van der Waals surface area contributed by atoms with Crippen LogP contribution in [0.1, 0.15) is 38.4 Å². The smallest absolute Gasteiger partial charge is 0.324 e. The first-order valence-electron chi connectivity index (χ1n) is 7.06. The number of carbonyl (C=O) groups is 1. The number of carboxylic acid groups (broad SMARTS) is 1. The summed E-state index contributed by atoms with van der Waals surface area (Å²) in [5, 5.41) is 12.8. The minimum absolute atomic E-state index is 0.201. The van der Waals surface area contributed by atoms with Gasteiger partial charge >= 0.3 is 5.97 Å². The normalized spacial score (nSPS) is 26.7. The summed E-state index contributed by atoms with van der Waals surface area (Å²) in [5.74, 6) is 0.494. The maximum Gasteiger partial charge on any atom is 0.324 e. The monoisotopic (exact) mass is 265 g/mol. The Balaban J connectivity index is 2.05. The highest BCUT2D eigenvalue weighted by Gasteiger charge is 2.48. The van der Waals surface area contributed by atoms with Crippen LogP contribution in [0.2, 0.25) is 0 Å². The highest BCUT2D eigenvalue weighted by Crippen LogP contribution is 2.38. The molecule has 106 valence electrons. The van der Waals surface area contributed by atoms with E-state index in [1.807, 2.05) is 20.0 Å². The summed E-state index contributed by atoms with van der Waals surface area (Å²) in [6.07, 6.45) is 7.36. The summed E-state index contributed by atoms with van der Waals surface area (Å²) in [7, 11) is 0. The molecule has 0 saturated heterocycles. The molecule has 2 unspecified atom stereocenters. The molecule has 0 amide bonds. The van der Waals surface area contributed by atoms with Crippen LogP contribution in [0.15, 0.2) is 12.4 Å². The maximum atomic E-state index is 11.7. The van der Waals surface area contributed by atoms with E-state index >= 15 is 0 Å². The molecular weight excluding hydrogens is 242 g/mol. The summed E-state index contributed by atoms with van der Waals surface area (Å²) in [6, 6.07) is 0. The quantitative estimate of drug-likeness (QED) is 0.823. The van der Waals surface area contributed by atoms with Crippen LogP contribution in [0.25, 0.3) is 0 Å². The fourth-order valence-corrected chi connectivity index (χ4v) is 3.31. The number of hydrogen-bond donors (Lipinski definition) is 2. The number of aryl methyl sites for hydroxylation is 2. The summed E-state index contributed by atoms with van der Waals surface area (Å²) >= 11 is 0. The molecule has 1 aliphatic rings. The molecule has 1 saturated carbocycles. The van der Waals surface area contributed by atoms with Gasteiger partial charge in [-0.15, -0.1) is 0 Å². The number of imidazole rings is 1. The first-order valence-corrected chi connectivity index (χ1v) is 7.06. The van der Waals surface area contributed by atoms with Crippen molar-refractivity contribution in [2.24, 2.45) is 5.92 Å². The van der Waals surface area contributed by atoms with Gasteiger partial charge in [0.15, 0.2) is 0 Å². The first kappa shape index (κ1) is 14.1. The van der Waals surface area contributed by atoms with E-state index in [9.17, 15) is 9.90 Å². The van der Waals surface area contributed by atoms with Crippen LogP contribution in [0.3, 0.4) is 0 Å². The Morgan fingerprint density at radius 2 is 2.47 bits per heavy atom. The van der Waals surface area contributed by atoms with Crippen molar-refractivity contribution in [2.75, 3.05) is 6.54 Å². The van der Waals surface area contributed by atoms with Crippen molar-refractivity contribution in [1.82, 2.24) is 14.9 Å². The molecule has 0 radical (unpaired) electrons. The van der Waals surface area contributed by atoms with Gasteiger partial charge in [-0.3, -0.25) is 4.79 Å². The molecule has 2 atom stereocenters. The standard InChI is InChI=1S/C14H23N3O2/c1-3-16-14(13(18)19)7-4-5-12(14)6-9-17-10-8-15-11(17)2/h8,10,12,16H,3-7,9H2,1-2H3,(H,18,19). The SMILES string of the molecule is CCNC1(C(=O)O)CCCC1CCn1ccnc1C. The average Bonchev–Trinajstić information content (AvgIpc) is 2.95. The van der Waals surface area contributed by atoms with Crippen LogP contribution in [-0.2, 0) is 11.3 Å². The van der Waals surface area contributed by atoms with E-state index in [1.54, 1.807) is 6.20 Å². The molecule has 2 N–H and O–H groups in total. The number of rotatable bonds is 6. The molecule has 5 nitrogen and oxygen atoms in total. The molecule has 0 aliphatic heterocycles. The second-order valence-corrected chi connectivity index (χ2v) is 5.35.